The molecule has 1 saturated heterocycles. The Labute approximate surface area is 184 Å². The number of imidazole rings is 1. The number of hydrogen-bond acceptors (Lipinski definition) is 11. The Kier molecular flexibility index (Phi) is 6.91. The SMILES string of the molecule is COC(=O)[C@@H](C)N[P+](=O)OC[C@H]1O[C@@H](n2cnc3c(N(C)C)nc(N)nc32)[C@](C)(F)[C@@H]1O. The molecule has 15 heteroatoms. The molecule has 176 valence electrons. The van der Waals surface area contributed by atoms with Gasteiger partial charge in [0.2, 0.25) is 5.95 Å². The van der Waals surface area contributed by atoms with Gasteiger partial charge in [-0.25, -0.2) is 9.37 Å². The minimum atomic E-state index is -2.50. The largest absolute Gasteiger partial charge is 0.613 e. The van der Waals surface area contributed by atoms with E-state index in [1.165, 1.54) is 31.9 Å². The molecule has 1 fully saturated rings. The van der Waals surface area contributed by atoms with Gasteiger partial charge in [-0.1, -0.05) is 5.09 Å². The fraction of sp³-hybridized carbons (Fsp3) is 0.647. The molecule has 3 rings (SSSR count). The fourth-order valence-electron chi connectivity index (χ4n) is 3.32. The van der Waals surface area contributed by atoms with E-state index in [-0.39, 0.29) is 11.6 Å². The van der Waals surface area contributed by atoms with Gasteiger partial charge in [0, 0.05) is 14.1 Å². The molecule has 0 saturated carbocycles. The predicted octanol–water partition coefficient (Wildman–Crippen LogP) is 0.286. The van der Waals surface area contributed by atoms with Crippen molar-refractivity contribution in [3.05, 3.63) is 6.33 Å². The number of rotatable bonds is 8. The van der Waals surface area contributed by atoms with Crippen molar-refractivity contribution in [2.24, 2.45) is 0 Å². The Balaban J connectivity index is 1.79. The molecule has 1 unspecified atom stereocenters. The normalized spacial score (nSPS) is 26.8. The first-order valence-corrected chi connectivity index (χ1v) is 10.8. The van der Waals surface area contributed by atoms with Crippen molar-refractivity contribution in [2.45, 2.75) is 44.0 Å². The summed E-state index contributed by atoms with van der Waals surface area (Å²) in [5.74, 6) is -0.228. The summed E-state index contributed by atoms with van der Waals surface area (Å²) >= 11 is 0. The van der Waals surface area contributed by atoms with Crippen molar-refractivity contribution < 1.29 is 32.9 Å². The number of fused-ring (bicyclic) bond motifs is 1. The van der Waals surface area contributed by atoms with E-state index in [0.717, 1.165) is 0 Å². The average molecular weight is 474 g/mol. The summed E-state index contributed by atoms with van der Waals surface area (Å²) in [6, 6.07) is -0.884. The molecule has 0 amide bonds. The van der Waals surface area contributed by atoms with E-state index in [4.69, 9.17) is 15.0 Å². The predicted molar refractivity (Wildman–Crippen MR) is 112 cm³/mol. The number of hydrogen-bond donors (Lipinski definition) is 3. The molecule has 0 aromatic carbocycles. The zero-order valence-electron chi connectivity index (χ0n) is 18.2. The topological polar surface area (TPSA) is 167 Å². The highest BCUT2D eigenvalue weighted by molar-refractivity contribution is 7.36. The third-order valence-corrected chi connectivity index (χ3v) is 6.01. The second kappa shape index (κ2) is 9.16. The third-order valence-electron chi connectivity index (χ3n) is 5.02. The summed E-state index contributed by atoms with van der Waals surface area (Å²) < 4.78 is 44.3. The molecule has 0 spiro atoms. The zero-order valence-corrected chi connectivity index (χ0v) is 19.1. The molecule has 2 aromatic rings. The standard InChI is InChI=1S/C17H26FN7O6P/c1-8(14(27)29-5)23-32(28)30-6-9-11(26)17(2,18)15(31-9)25-7-20-10-12(24(3)4)21-16(19)22-13(10)25/h7-9,11,15,26H,6H2,1-5H3,(H,23,28)(H2,19,21,22)/q+1/t8-,9-,11-,15-,17-/m1/s1. The van der Waals surface area contributed by atoms with Crippen LogP contribution in [0.25, 0.3) is 11.2 Å². The van der Waals surface area contributed by atoms with Crippen molar-refractivity contribution in [1.82, 2.24) is 24.6 Å². The first-order chi connectivity index (χ1) is 15.0. The highest BCUT2D eigenvalue weighted by atomic mass is 31.1. The van der Waals surface area contributed by atoms with E-state index in [1.807, 2.05) is 0 Å². The number of nitrogens with zero attached hydrogens (tertiary/aromatic N) is 5. The molecular weight excluding hydrogens is 448 g/mol. The van der Waals surface area contributed by atoms with Gasteiger partial charge in [0.1, 0.15) is 24.9 Å². The van der Waals surface area contributed by atoms with Gasteiger partial charge in [-0.3, -0.25) is 9.36 Å². The van der Waals surface area contributed by atoms with Crippen molar-refractivity contribution >= 4 is 37.1 Å². The van der Waals surface area contributed by atoms with Crippen LogP contribution in [0.5, 0.6) is 0 Å². The molecule has 1 aliphatic rings. The number of anilines is 2. The lowest BCUT2D eigenvalue weighted by Gasteiger charge is -2.24. The number of esters is 1. The summed E-state index contributed by atoms with van der Waals surface area (Å²) in [7, 11) is 2.19. The van der Waals surface area contributed by atoms with Crippen LogP contribution >= 0.6 is 8.18 Å². The molecule has 3 heterocycles. The van der Waals surface area contributed by atoms with Gasteiger partial charge in [-0.2, -0.15) is 9.97 Å². The number of methoxy groups -OCH3 is 1. The van der Waals surface area contributed by atoms with Gasteiger partial charge in [-0.05, 0) is 18.4 Å². The summed E-state index contributed by atoms with van der Waals surface area (Å²) in [6.45, 7) is 2.21. The number of carbonyl (C=O) groups is 1. The van der Waals surface area contributed by atoms with E-state index >= 15 is 4.39 Å². The number of aliphatic hydroxyl groups excluding tert-OH is 1. The van der Waals surface area contributed by atoms with Crippen LogP contribution in [0.15, 0.2) is 6.33 Å². The number of carbonyl (C=O) groups excluding carboxylic acids is 1. The second-order valence-corrected chi connectivity index (χ2v) is 8.70. The maximum Gasteiger partial charge on any atom is 0.613 e. The van der Waals surface area contributed by atoms with Gasteiger partial charge in [0.05, 0.1) is 13.4 Å². The Morgan fingerprint density at radius 1 is 1.53 bits per heavy atom. The average Bonchev–Trinajstić information content (AvgIpc) is 3.23. The molecule has 32 heavy (non-hydrogen) atoms. The monoisotopic (exact) mass is 474 g/mol. The summed E-state index contributed by atoms with van der Waals surface area (Å²) in [6.07, 6.45) is -2.77. The van der Waals surface area contributed by atoms with E-state index < -0.39 is 50.9 Å². The molecule has 0 aliphatic carbocycles. The number of nitrogens with one attached hydrogen (secondary N) is 1. The van der Waals surface area contributed by atoms with Gasteiger partial charge >= 0.3 is 14.1 Å². The fourth-order valence-corrected chi connectivity index (χ4v) is 4.10. The van der Waals surface area contributed by atoms with E-state index in [9.17, 15) is 14.5 Å². The van der Waals surface area contributed by atoms with Crippen LogP contribution in [-0.2, 0) is 23.4 Å². The Hall–Kier alpha value is -2.51. The van der Waals surface area contributed by atoms with E-state index in [0.29, 0.717) is 11.3 Å². The van der Waals surface area contributed by atoms with Crippen molar-refractivity contribution in [3.63, 3.8) is 0 Å². The number of aromatic nitrogens is 4. The van der Waals surface area contributed by atoms with Gasteiger partial charge in [-0.15, -0.1) is 4.52 Å². The highest BCUT2D eigenvalue weighted by Crippen LogP contribution is 2.43. The molecule has 0 bridgehead atoms. The first kappa shape index (κ1) is 24.1. The van der Waals surface area contributed by atoms with Crippen LogP contribution in [0.1, 0.15) is 20.1 Å². The molecule has 1 aliphatic heterocycles. The minimum Gasteiger partial charge on any atom is -0.468 e. The first-order valence-electron chi connectivity index (χ1n) is 9.61. The summed E-state index contributed by atoms with van der Waals surface area (Å²) in [5.41, 5.74) is 4.13. The quantitative estimate of drug-likeness (QED) is 0.354. The number of halogens is 1. The molecule has 6 atom stereocenters. The van der Waals surface area contributed by atoms with E-state index in [2.05, 4.69) is 24.8 Å². The van der Waals surface area contributed by atoms with Crippen LogP contribution in [0.2, 0.25) is 0 Å². The number of ether oxygens (including phenoxy) is 2. The number of alkyl halides is 1. The second-order valence-electron chi connectivity index (χ2n) is 7.67. The molecule has 0 radical (unpaired) electrons. The Bertz CT molecular complexity index is 1020. The maximum absolute atomic E-state index is 15.5. The van der Waals surface area contributed by atoms with Crippen molar-refractivity contribution in [3.8, 4) is 0 Å². The van der Waals surface area contributed by atoms with Crippen LogP contribution in [0.4, 0.5) is 16.2 Å². The number of nitrogen functional groups attached to an aromatic ring is 1. The van der Waals surface area contributed by atoms with E-state index in [1.54, 1.807) is 19.0 Å². The minimum absolute atomic E-state index is 0.0373. The molecule has 4 N–H and O–H groups in total. The van der Waals surface area contributed by atoms with Gasteiger partial charge < -0.3 is 25.2 Å². The Morgan fingerprint density at radius 3 is 2.84 bits per heavy atom. The number of nitrogens with two attached hydrogens (primary N) is 1. The van der Waals surface area contributed by atoms with Gasteiger partial charge in [0.15, 0.2) is 28.9 Å². The molecule has 13 nitrogen and oxygen atoms in total. The van der Waals surface area contributed by atoms with Crippen LogP contribution in [0.3, 0.4) is 0 Å². The lowest BCUT2D eigenvalue weighted by molar-refractivity contribution is -0.142. The lowest BCUT2D eigenvalue weighted by atomic mass is 9.98. The lowest BCUT2D eigenvalue weighted by Crippen LogP contribution is -2.40. The maximum atomic E-state index is 15.5. The highest BCUT2D eigenvalue weighted by Gasteiger charge is 2.56. The van der Waals surface area contributed by atoms with Crippen LogP contribution in [-0.4, -0.2) is 82.3 Å². The summed E-state index contributed by atoms with van der Waals surface area (Å²) in [5, 5.41) is 12.9. The smallest absolute Gasteiger partial charge is 0.468 e. The number of aliphatic hydroxyl groups is 1. The van der Waals surface area contributed by atoms with Crippen molar-refractivity contribution in [2.75, 3.05) is 38.4 Å². The molecular formula is C17H26FN7O6P+. The third kappa shape index (κ3) is 4.50. The Morgan fingerprint density at radius 2 is 2.22 bits per heavy atom. The zero-order chi connectivity index (χ0) is 23.8. The van der Waals surface area contributed by atoms with Crippen molar-refractivity contribution in [1.29, 1.82) is 0 Å². The van der Waals surface area contributed by atoms with Crippen LogP contribution < -0.4 is 15.7 Å². The molecule has 2 aromatic heterocycles. The van der Waals surface area contributed by atoms with Crippen LogP contribution in [0, 0.1) is 0 Å². The van der Waals surface area contributed by atoms with Gasteiger partial charge in [0.25, 0.3) is 0 Å². The summed E-state index contributed by atoms with van der Waals surface area (Å²) in [4.78, 5) is 25.6.